The molecule has 1 aliphatic heterocycles. The predicted octanol–water partition coefficient (Wildman–Crippen LogP) is 2.10. The van der Waals surface area contributed by atoms with Crippen molar-refractivity contribution in [1.82, 2.24) is 0 Å². The molecule has 0 aromatic heterocycles. The van der Waals surface area contributed by atoms with Crippen molar-refractivity contribution in [3.63, 3.8) is 0 Å². The Labute approximate surface area is 108 Å². The molecule has 0 unspecified atom stereocenters. The summed E-state index contributed by atoms with van der Waals surface area (Å²) in [5.41, 5.74) is 6.16. The molecule has 1 aromatic rings. The lowest BCUT2D eigenvalue weighted by Crippen LogP contribution is -2.17. The lowest BCUT2D eigenvalue weighted by atomic mass is 10.1. The Bertz CT molecular complexity index is 509. The molecule has 0 saturated heterocycles. The average Bonchev–Trinajstić information content (AvgIpc) is 2.57. The molecule has 1 aromatic carbocycles. The van der Waals surface area contributed by atoms with Crippen LogP contribution in [-0.2, 0) is 4.74 Å². The second kappa shape index (κ2) is 4.14. The fourth-order valence-corrected chi connectivity index (χ4v) is 2.24. The molecule has 1 aliphatic rings. The van der Waals surface area contributed by atoms with Crippen LogP contribution < -0.4 is 5.73 Å². The molecule has 0 bridgehead atoms. The van der Waals surface area contributed by atoms with Gasteiger partial charge in [0.15, 0.2) is 0 Å². The minimum Gasteiger partial charge on any atom is -0.475 e. The number of primary amides is 1. The summed E-state index contributed by atoms with van der Waals surface area (Å²) in [6.07, 6.45) is 0. The van der Waals surface area contributed by atoms with Crippen LogP contribution in [0.3, 0.4) is 0 Å². The zero-order valence-corrected chi connectivity index (χ0v) is 11.2. The highest BCUT2D eigenvalue weighted by molar-refractivity contribution is 9.10. The molecule has 2 N–H and O–H groups in total. The fourth-order valence-electron chi connectivity index (χ4n) is 1.68. The topological polar surface area (TPSA) is 64.7 Å². The molecule has 17 heavy (non-hydrogen) atoms. The lowest BCUT2D eigenvalue weighted by molar-refractivity contribution is 0.0999. The lowest BCUT2D eigenvalue weighted by Gasteiger charge is -2.08. The van der Waals surface area contributed by atoms with Crippen LogP contribution in [0.25, 0.3) is 0 Å². The average molecular weight is 297 g/mol. The zero-order valence-electron chi connectivity index (χ0n) is 9.66. The van der Waals surface area contributed by atoms with Gasteiger partial charge in [0, 0.05) is 4.47 Å². The maximum Gasteiger partial charge on any atom is 0.250 e. The molecule has 0 atom stereocenters. The van der Waals surface area contributed by atoms with Crippen molar-refractivity contribution in [2.24, 2.45) is 10.7 Å². The third-order valence-corrected chi connectivity index (χ3v) is 3.12. The van der Waals surface area contributed by atoms with Crippen molar-refractivity contribution in [1.29, 1.82) is 0 Å². The van der Waals surface area contributed by atoms with Gasteiger partial charge in [-0.15, -0.1) is 0 Å². The fraction of sp³-hybridized carbons (Fsp3) is 0.333. The number of halogens is 1. The first kappa shape index (κ1) is 12.1. The predicted molar refractivity (Wildman–Crippen MR) is 69.2 cm³/mol. The molecule has 0 spiro atoms. The van der Waals surface area contributed by atoms with Crippen LogP contribution in [0.5, 0.6) is 0 Å². The van der Waals surface area contributed by atoms with Crippen LogP contribution in [0.15, 0.2) is 27.7 Å². The Morgan fingerprint density at radius 1 is 1.53 bits per heavy atom. The summed E-state index contributed by atoms with van der Waals surface area (Å²) < 4.78 is 6.17. The van der Waals surface area contributed by atoms with Crippen molar-refractivity contribution in [3.8, 4) is 0 Å². The number of carbonyl (C=O) groups is 1. The van der Waals surface area contributed by atoms with Gasteiger partial charge >= 0.3 is 0 Å². The number of nitrogens with zero attached hydrogens (tertiary/aromatic N) is 1. The Morgan fingerprint density at radius 3 is 2.76 bits per heavy atom. The molecule has 2 rings (SSSR count). The van der Waals surface area contributed by atoms with Crippen LogP contribution in [0.2, 0.25) is 0 Å². The van der Waals surface area contributed by atoms with Gasteiger partial charge in [-0.05, 0) is 41.9 Å². The Kier molecular flexibility index (Phi) is 2.95. The quantitative estimate of drug-likeness (QED) is 0.908. The van der Waals surface area contributed by atoms with E-state index in [-0.39, 0.29) is 5.54 Å². The van der Waals surface area contributed by atoms with Gasteiger partial charge in [0.1, 0.15) is 6.61 Å². The smallest absolute Gasteiger partial charge is 0.250 e. The van der Waals surface area contributed by atoms with Gasteiger partial charge in [-0.2, -0.15) is 0 Å². The second-order valence-electron chi connectivity index (χ2n) is 4.54. The van der Waals surface area contributed by atoms with Gasteiger partial charge in [0.05, 0.1) is 16.7 Å². The van der Waals surface area contributed by atoms with Gasteiger partial charge < -0.3 is 10.5 Å². The molecule has 5 heteroatoms. The molecule has 1 heterocycles. The maximum atomic E-state index is 11.4. The van der Waals surface area contributed by atoms with E-state index in [0.717, 1.165) is 0 Å². The minimum atomic E-state index is -0.497. The van der Waals surface area contributed by atoms with Crippen molar-refractivity contribution >= 4 is 27.7 Å². The number of ether oxygens (including phenoxy) is 1. The van der Waals surface area contributed by atoms with E-state index in [1.807, 2.05) is 19.9 Å². The zero-order chi connectivity index (χ0) is 12.6. The van der Waals surface area contributed by atoms with E-state index in [0.29, 0.717) is 28.1 Å². The monoisotopic (exact) mass is 296 g/mol. The Balaban J connectivity index is 2.54. The number of amides is 1. The van der Waals surface area contributed by atoms with Gasteiger partial charge in [-0.3, -0.25) is 4.79 Å². The normalized spacial score (nSPS) is 17.5. The van der Waals surface area contributed by atoms with Gasteiger partial charge in [0.2, 0.25) is 5.90 Å². The Morgan fingerprint density at radius 2 is 2.24 bits per heavy atom. The van der Waals surface area contributed by atoms with Crippen LogP contribution in [0.4, 0.5) is 0 Å². The largest absolute Gasteiger partial charge is 0.475 e. The summed E-state index contributed by atoms with van der Waals surface area (Å²) in [6.45, 7) is 4.46. The molecule has 0 fully saturated rings. The van der Waals surface area contributed by atoms with E-state index in [2.05, 4.69) is 20.9 Å². The highest BCUT2D eigenvalue weighted by Crippen LogP contribution is 2.26. The van der Waals surface area contributed by atoms with E-state index in [9.17, 15) is 4.79 Å². The first-order chi connectivity index (χ1) is 7.91. The summed E-state index contributed by atoms with van der Waals surface area (Å²) in [6, 6.07) is 5.37. The number of rotatable bonds is 2. The van der Waals surface area contributed by atoms with E-state index in [1.54, 1.807) is 12.1 Å². The van der Waals surface area contributed by atoms with E-state index < -0.39 is 5.91 Å². The minimum absolute atomic E-state index is 0.257. The summed E-state index contributed by atoms with van der Waals surface area (Å²) in [7, 11) is 0. The van der Waals surface area contributed by atoms with Crippen molar-refractivity contribution in [2.75, 3.05) is 6.61 Å². The third kappa shape index (κ3) is 2.34. The summed E-state index contributed by atoms with van der Waals surface area (Å²) >= 11 is 3.31. The number of nitrogens with two attached hydrogens (primary N) is 1. The van der Waals surface area contributed by atoms with Crippen LogP contribution in [0.1, 0.15) is 29.8 Å². The first-order valence-electron chi connectivity index (χ1n) is 5.22. The number of hydrogen-bond acceptors (Lipinski definition) is 3. The third-order valence-electron chi connectivity index (χ3n) is 2.46. The van der Waals surface area contributed by atoms with Crippen LogP contribution in [-0.4, -0.2) is 24.0 Å². The maximum absolute atomic E-state index is 11.4. The van der Waals surface area contributed by atoms with Crippen LogP contribution in [0, 0.1) is 0 Å². The highest BCUT2D eigenvalue weighted by atomic mass is 79.9. The van der Waals surface area contributed by atoms with Crippen molar-refractivity contribution < 1.29 is 9.53 Å². The summed E-state index contributed by atoms with van der Waals surface area (Å²) in [5, 5.41) is 0. The van der Waals surface area contributed by atoms with E-state index in [4.69, 9.17) is 10.5 Å². The molecule has 0 saturated carbocycles. The number of carbonyl (C=O) groups excluding carboxylic acids is 1. The van der Waals surface area contributed by atoms with E-state index in [1.165, 1.54) is 0 Å². The molecule has 90 valence electrons. The van der Waals surface area contributed by atoms with Crippen molar-refractivity contribution in [2.45, 2.75) is 19.4 Å². The van der Waals surface area contributed by atoms with Gasteiger partial charge in [-0.25, -0.2) is 4.99 Å². The standard InChI is InChI=1S/C12H13BrN2O2/c1-12(2)6-17-11(15-12)7-4-3-5-8(13)9(7)10(14)16/h3-5H,6H2,1-2H3,(H2,14,16). The molecule has 0 radical (unpaired) electrons. The SMILES string of the molecule is CC1(C)COC(c2cccc(Br)c2C(N)=O)=N1. The number of aliphatic imine (C=N–C) groups is 1. The summed E-state index contributed by atoms with van der Waals surface area (Å²) in [5.74, 6) is -0.0198. The number of hydrogen-bond donors (Lipinski definition) is 1. The first-order valence-corrected chi connectivity index (χ1v) is 6.01. The van der Waals surface area contributed by atoms with E-state index >= 15 is 0 Å². The molecule has 0 aliphatic carbocycles. The molecular weight excluding hydrogens is 284 g/mol. The van der Waals surface area contributed by atoms with Crippen LogP contribution >= 0.6 is 15.9 Å². The molecular formula is C12H13BrN2O2. The summed E-state index contributed by atoms with van der Waals surface area (Å²) in [4.78, 5) is 15.9. The molecule has 1 amide bonds. The van der Waals surface area contributed by atoms with Gasteiger partial charge in [-0.1, -0.05) is 6.07 Å². The van der Waals surface area contributed by atoms with Crippen molar-refractivity contribution in [3.05, 3.63) is 33.8 Å². The highest BCUT2D eigenvalue weighted by Gasteiger charge is 2.29. The van der Waals surface area contributed by atoms with Gasteiger partial charge in [0.25, 0.3) is 5.91 Å². The second-order valence-corrected chi connectivity index (χ2v) is 5.40. The number of benzene rings is 1. The molecule has 4 nitrogen and oxygen atoms in total. The Hall–Kier alpha value is -1.36.